The van der Waals surface area contributed by atoms with E-state index in [1.165, 1.54) is 11.3 Å². The minimum Gasteiger partial charge on any atom is -0.338 e. The monoisotopic (exact) mass is 283 g/mol. The number of nitrogens with zero attached hydrogens (tertiary/aromatic N) is 3. The third-order valence-electron chi connectivity index (χ3n) is 3.02. The van der Waals surface area contributed by atoms with E-state index in [2.05, 4.69) is 20.1 Å². The molecule has 1 aliphatic rings. The second-order valence-electron chi connectivity index (χ2n) is 4.44. The predicted octanol–water partition coefficient (Wildman–Crippen LogP) is 2.11. The van der Waals surface area contributed by atoms with Gasteiger partial charge in [-0.25, -0.2) is 0 Å². The summed E-state index contributed by atoms with van der Waals surface area (Å²) in [6.45, 7) is 1.79. The Hall–Kier alpha value is -1.11. The summed E-state index contributed by atoms with van der Waals surface area (Å²) in [6, 6.07) is 4.02. The van der Waals surface area contributed by atoms with Crippen molar-refractivity contribution in [3.05, 3.63) is 16.5 Å². The number of H-pyrrole nitrogens is 1. The average Bonchev–Trinajstić information content (AvgIpc) is 2.97. The predicted molar refractivity (Wildman–Crippen MR) is 74.1 cm³/mol. The zero-order valence-electron chi connectivity index (χ0n) is 9.77. The van der Waals surface area contributed by atoms with Gasteiger partial charge in [0.2, 0.25) is 5.95 Å². The van der Waals surface area contributed by atoms with Gasteiger partial charge in [-0.3, -0.25) is 5.10 Å². The fourth-order valence-electron chi connectivity index (χ4n) is 2.14. The van der Waals surface area contributed by atoms with Gasteiger partial charge < -0.3 is 10.6 Å². The highest BCUT2D eigenvalue weighted by molar-refractivity contribution is 7.19. The van der Waals surface area contributed by atoms with Crippen molar-refractivity contribution in [2.45, 2.75) is 18.9 Å². The van der Waals surface area contributed by atoms with Crippen LogP contribution in [0.3, 0.4) is 0 Å². The number of aromatic amines is 1. The minimum absolute atomic E-state index is 0.219. The summed E-state index contributed by atoms with van der Waals surface area (Å²) in [4.78, 5) is 7.64. The van der Waals surface area contributed by atoms with Crippen LogP contribution in [0.25, 0.3) is 10.7 Å². The summed E-state index contributed by atoms with van der Waals surface area (Å²) in [5.41, 5.74) is 5.96. The lowest BCUT2D eigenvalue weighted by Gasteiger charge is -2.29. The Morgan fingerprint density at radius 2 is 2.39 bits per heavy atom. The van der Waals surface area contributed by atoms with E-state index in [0.29, 0.717) is 0 Å². The molecule has 2 aromatic heterocycles. The number of nitrogens with two attached hydrogens (primary N) is 1. The largest absolute Gasteiger partial charge is 0.338 e. The van der Waals surface area contributed by atoms with Crippen molar-refractivity contribution in [3.8, 4) is 10.7 Å². The van der Waals surface area contributed by atoms with Crippen molar-refractivity contribution in [3.63, 3.8) is 0 Å². The molecule has 1 unspecified atom stereocenters. The fraction of sp³-hybridized carbons (Fsp3) is 0.455. The van der Waals surface area contributed by atoms with E-state index in [1.54, 1.807) is 0 Å². The zero-order valence-corrected chi connectivity index (χ0v) is 11.3. The van der Waals surface area contributed by atoms with Gasteiger partial charge in [0.05, 0.1) is 9.21 Å². The van der Waals surface area contributed by atoms with Crippen LogP contribution in [0.5, 0.6) is 0 Å². The van der Waals surface area contributed by atoms with Crippen LogP contribution in [0.2, 0.25) is 4.34 Å². The number of thiophene rings is 1. The summed E-state index contributed by atoms with van der Waals surface area (Å²) in [5.74, 6) is 1.49. The van der Waals surface area contributed by atoms with Crippen LogP contribution in [0, 0.1) is 0 Å². The lowest BCUT2D eigenvalue weighted by molar-refractivity contribution is 0.500. The first kappa shape index (κ1) is 12.0. The molecule has 1 aliphatic heterocycles. The van der Waals surface area contributed by atoms with Crippen molar-refractivity contribution in [1.29, 1.82) is 0 Å². The summed E-state index contributed by atoms with van der Waals surface area (Å²) in [6.07, 6.45) is 2.17. The lowest BCUT2D eigenvalue weighted by Crippen LogP contribution is -2.43. The van der Waals surface area contributed by atoms with Crippen LogP contribution in [0.1, 0.15) is 12.8 Å². The Balaban J connectivity index is 1.80. The van der Waals surface area contributed by atoms with Gasteiger partial charge in [0.15, 0.2) is 5.82 Å². The van der Waals surface area contributed by atoms with Crippen LogP contribution < -0.4 is 10.6 Å². The second kappa shape index (κ2) is 4.87. The highest BCUT2D eigenvalue weighted by Gasteiger charge is 2.20. The molecule has 1 fully saturated rings. The van der Waals surface area contributed by atoms with Gasteiger partial charge in [0.1, 0.15) is 0 Å². The first-order chi connectivity index (χ1) is 8.72. The van der Waals surface area contributed by atoms with E-state index in [1.807, 2.05) is 12.1 Å². The zero-order chi connectivity index (χ0) is 12.5. The molecule has 0 radical (unpaired) electrons. The van der Waals surface area contributed by atoms with E-state index in [-0.39, 0.29) is 6.04 Å². The standard InChI is InChI=1S/C11H14ClN5S/c12-9-4-3-8(18-9)10-14-11(16-15-10)17-5-1-2-7(13)6-17/h3-4,7H,1-2,5-6,13H2,(H,14,15,16). The number of piperidine rings is 1. The van der Waals surface area contributed by atoms with Gasteiger partial charge in [0, 0.05) is 19.1 Å². The van der Waals surface area contributed by atoms with Gasteiger partial charge in [-0.15, -0.1) is 16.4 Å². The van der Waals surface area contributed by atoms with Crippen LogP contribution in [-0.2, 0) is 0 Å². The van der Waals surface area contributed by atoms with Crippen LogP contribution in [-0.4, -0.2) is 34.3 Å². The normalized spacial score (nSPS) is 20.3. The molecule has 1 saturated heterocycles. The Morgan fingerprint density at radius 3 is 3.11 bits per heavy atom. The third kappa shape index (κ3) is 2.36. The molecule has 0 bridgehead atoms. The van der Waals surface area contributed by atoms with Crippen molar-refractivity contribution in [2.24, 2.45) is 5.73 Å². The van der Waals surface area contributed by atoms with Gasteiger partial charge in [-0.05, 0) is 25.0 Å². The Kier molecular flexibility index (Phi) is 3.23. The van der Waals surface area contributed by atoms with Gasteiger partial charge in [-0.1, -0.05) is 11.6 Å². The highest BCUT2D eigenvalue weighted by Crippen LogP contribution is 2.29. The lowest BCUT2D eigenvalue weighted by atomic mass is 10.1. The van der Waals surface area contributed by atoms with E-state index in [0.717, 1.165) is 46.9 Å². The Labute approximate surface area is 114 Å². The first-order valence-corrected chi connectivity index (χ1v) is 7.10. The number of rotatable bonds is 2. The molecule has 1 atom stereocenters. The van der Waals surface area contributed by atoms with Crippen molar-refractivity contribution >= 4 is 28.9 Å². The maximum absolute atomic E-state index is 5.96. The maximum Gasteiger partial charge on any atom is 0.245 e. The molecular weight excluding hydrogens is 270 g/mol. The molecule has 0 amide bonds. The van der Waals surface area contributed by atoms with Crippen molar-refractivity contribution in [2.75, 3.05) is 18.0 Å². The van der Waals surface area contributed by atoms with Gasteiger partial charge in [-0.2, -0.15) is 4.98 Å². The number of nitrogens with one attached hydrogen (secondary N) is 1. The molecule has 3 heterocycles. The smallest absolute Gasteiger partial charge is 0.245 e. The minimum atomic E-state index is 0.219. The number of aromatic nitrogens is 3. The third-order valence-corrected chi connectivity index (χ3v) is 4.26. The van der Waals surface area contributed by atoms with E-state index < -0.39 is 0 Å². The van der Waals surface area contributed by atoms with E-state index in [9.17, 15) is 0 Å². The number of hydrogen-bond acceptors (Lipinski definition) is 5. The molecule has 0 aliphatic carbocycles. The summed E-state index contributed by atoms with van der Waals surface area (Å²) >= 11 is 7.40. The van der Waals surface area contributed by atoms with Crippen molar-refractivity contribution in [1.82, 2.24) is 15.2 Å². The molecule has 0 spiro atoms. The van der Waals surface area contributed by atoms with Crippen LogP contribution in [0.4, 0.5) is 5.95 Å². The highest BCUT2D eigenvalue weighted by atomic mass is 35.5. The Bertz CT molecular complexity index is 537. The van der Waals surface area contributed by atoms with Crippen LogP contribution in [0.15, 0.2) is 12.1 Å². The molecule has 5 nitrogen and oxygen atoms in total. The SMILES string of the molecule is NC1CCCN(c2n[nH]c(-c3ccc(Cl)s3)n2)C1. The molecule has 7 heteroatoms. The molecular formula is C11H14ClN5S. The van der Waals surface area contributed by atoms with Crippen LogP contribution >= 0.6 is 22.9 Å². The summed E-state index contributed by atoms with van der Waals surface area (Å²) < 4.78 is 0.753. The number of hydrogen-bond donors (Lipinski definition) is 2. The molecule has 0 saturated carbocycles. The van der Waals surface area contributed by atoms with Crippen molar-refractivity contribution < 1.29 is 0 Å². The van der Waals surface area contributed by atoms with E-state index >= 15 is 0 Å². The maximum atomic E-state index is 5.96. The molecule has 3 N–H and O–H groups in total. The first-order valence-electron chi connectivity index (χ1n) is 5.91. The molecule has 2 aromatic rings. The molecule has 18 heavy (non-hydrogen) atoms. The molecule has 96 valence electrons. The van der Waals surface area contributed by atoms with Gasteiger partial charge >= 0.3 is 0 Å². The topological polar surface area (TPSA) is 70.8 Å². The quantitative estimate of drug-likeness (QED) is 0.886. The number of halogens is 1. The average molecular weight is 284 g/mol. The molecule has 0 aromatic carbocycles. The number of anilines is 1. The molecule has 3 rings (SSSR count). The van der Waals surface area contributed by atoms with E-state index in [4.69, 9.17) is 17.3 Å². The second-order valence-corrected chi connectivity index (χ2v) is 6.15. The summed E-state index contributed by atoms with van der Waals surface area (Å²) in [5, 5.41) is 7.21. The fourth-order valence-corrected chi connectivity index (χ4v) is 3.12. The van der Waals surface area contributed by atoms with Gasteiger partial charge in [0.25, 0.3) is 0 Å². The summed E-state index contributed by atoms with van der Waals surface area (Å²) in [7, 11) is 0. The Morgan fingerprint density at radius 1 is 1.50 bits per heavy atom.